The molecule has 2 N–H and O–H groups in total. The normalized spacial score (nSPS) is 18.1. The van der Waals surface area contributed by atoms with Crippen LogP contribution in [0.3, 0.4) is 0 Å². The summed E-state index contributed by atoms with van der Waals surface area (Å²) < 4.78 is 5.57. The van der Waals surface area contributed by atoms with Crippen molar-refractivity contribution in [1.29, 1.82) is 0 Å². The van der Waals surface area contributed by atoms with Crippen molar-refractivity contribution in [2.75, 3.05) is 26.2 Å². The fraction of sp³-hybridized carbons (Fsp3) is 0.611. The van der Waals surface area contributed by atoms with E-state index in [9.17, 15) is 9.90 Å². The Labute approximate surface area is 138 Å². The summed E-state index contributed by atoms with van der Waals surface area (Å²) in [5, 5.41) is 13.1. The van der Waals surface area contributed by atoms with Crippen molar-refractivity contribution in [1.82, 2.24) is 10.2 Å². The lowest BCUT2D eigenvalue weighted by Crippen LogP contribution is -2.46. The van der Waals surface area contributed by atoms with Gasteiger partial charge in [0.2, 0.25) is 0 Å². The highest BCUT2D eigenvalue weighted by Crippen LogP contribution is 2.15. The molecule has 5 heteroatoms. The van der Waals surface area contributed by atoms with Crippen LogP contribution in [0.1, 0.15) is 38.4 Å². The SMILES string of the molecule is CC(C)OCCN1CCC(NC(=O)C(O)c2ccccc2)CC1. The van der Waals surface area contributed by atoms with E-state index >= 15 is 0 Å². The van der Waals surface area contributed by atoms with Crippen molar-refractivity contribution in [2.45, 2.75) is 44.9 Å². The summed E-state index contributed by atoms with van der Waals surface area (Å²) in [4.78, 5) is 14.5. The number of rotatable bonds is 7. The Balaban J connectivity index is 1.70. The molecule has 1 aliphatic heterocycles. The lowest BCUT2D eigenvalue weighted by Gasteiger charge is -2.32. The Morgan fingerprint density at radius 2 is 1.96 bits per heavy atom. The first kappa shape index (κ1) is 17.9. The van der Waals surface area contributed by atoms with Crippen LogP contribution >= 0.6 is 0 Å². The van der Waals surface area contributed by atoms with Crippen molar-refractivity contribution < 1.29 is 14.6 Å². The van der Waals surface area contributed by atoms with Crippen LogP contribution in [0.5, 0.6) is 0 Å². The number of likely N-dealkylation sites (tertiary alicyclic amines) is 1. The highest BCUT2D eigenvalue weighted by Gasteiger charge is 2.24. The Morgan fingerprint density at radius 1 is 1.30 bits per heavy atom. The van der Waals surface area contributed by atoms with Crippen molar-refractivity contribution in [3.05, 3.63) is 35.9 Å². The fourth-order valence-corrected chi connectivity index (χ4v) is 2.79. The van der Waals surface area contributed by atoms with Gasteiger partial charge in [-0.3, -0.25) is 4.79 Å². The summed E-state index contributed by atoms with van der Waals surface area (Å²) in [7, 11) is 0. The molecule has 0 aliphatic carbocycles. The zero-order valence-corrected chi connectivity index (χ0v) is 14.1. The minimum absolute atomic E-state index is 0.142. The number of aliphatic hydroxyl groups is 1. The lowest BCUT2D eigenvalue weighted by molar-refractivity contribution is -0.130. The first-order valence-corrected chi connectivity index (χ1v) is 8.43. The van der Waals surface area contributed by atoms with Gasteiger partial charge in [-0.1, -0.05) is 30.3 Å². The number of carbonyl (C=O) groups is 1. The lowest BCUT2D eigenvalue weighted by atomic mass is 10.0. The van der Waals surface area contributed by atoms with Gasteiger partial charge in [0.1, 0.15) is 0 Å². The molecular formula is C18H28N2O3. The number of nitrogens with one attached hydrogen (secondary N) is 1. The summed E-state index contributed by atoms with van der Waals surface area (Å²) in [6.07, 6.45) is 1.00. The minimum atomic E-state index is -1.09. The molecule has 1 fully saturated rings. The molecule has 1 unspecified atom stereocenters. The Bertz CT molecular complexity index is 470. The van der Waals surface area contributed by atoms with E-state index in [0.717, 1.165) is 39.1 Å². The molecule has 1 atom stereocenters. The number of amides is 1. The van der Waals surface area contributed by atoms with E-state index in [0.29, 0.717) is 5.56 Å². The first-order chi connectivity index (χ1) is 11.1. The number of benzene rings is 1. The van der Waals surface area contributed by atoms with E-state index in [4.69, 9.17) is 4.74 Å². The first-order valence-electron chi connectivity index (χ1n) is 8.43. The molecule has 1 aromatic carbocycles. The highest BCUT2D eigenvalue weighted by molar-refractivity contribution is 5.82. The molecule has 1 amide bonds. The zero-order chi connectivity index (χ0) is 16.7. The van der Waals surface area contributed by atoms with Gasteiger partial charge in [-0.15, -0.1) is 0 Å². The van der Waals surface area contributed by atoms with Crippen LogP contribution in [0, 0.1) is 0 Å². The summed E-state index contributed by atoms with van der Waals surface area (Å²) in [5.74, 6) is -0.308. The van der Waals surface area contributed by atoms with E-state index in [1.54, 1.807) is 12.1 Å². The zero-order valence-electron chi connectivity index (χ0n) is 14.1. The topological polar surface area (TPSA) is 61.8 Å². The second kappa shape index (κ2) is 9.01. The monoisotopic (exact) mass is 320 g/mol. The Hall–Kier alpha value is -1.43. The smallest absolute Gasteiger partial charge is 0.253 e. The number of hydrogen-bond donors (Lipinski definition) is 2. The average molecular weight is 320 g/mol. The molecule has 0 bridgehead atoms. The second-order valence-electron chi connectivity index (χ2n) is 6.36. The summed E-state index contributed by atoms with van der Waals surface area (Å²) >= 11 is 0. The maximum Gasteiger partial charge on any atom is 0.253 e. The van der Waals surface area contributed by atoms with E-state index in [1.807, 2.05) is 32.0 Å². The van der Waals surface area contributed by atoms with Crippen LogP contribution in [0.4, 0.5) is 0 Å². The second-order valence-corrected chi connectivity index (χ2v) is 6.36. The van der Waals surface area contributed by atoms with Gasteiger partial charge >= 0.3 is 0 Å². The predicted octanol–water partition coefficient (Wildman–Crippen LogP) is 1.73. The molecule has 0 radical (unpaired) electrons. The third kappa shape index (κ3) is 5.94. The quantitative estimate of drug-likeness (QED) is 0.803. The Kier molecular flexibility index (Phi) is 7.02. The fourth-order valence-electron chi connectivity index (χ4n) is 2.79. The van der Waals surface area contributed by atoms with Gasteiger partial charge in [0.25, 0.3) is 5.91 Å². The van der Waals surface area contributed by atoms with Crippen molar-refractivity contribution in [2.24, 2.45) is 0 Å². The number of carbonyl (C=O) groups excluding carboxylic acids is 1. The van der Waals surface area contributed by atoms with E-state index < -0.39 is 6.10 Å². The van der Waals surface area contributed by atoms with Crippen LogP contribution in [-0.4, -0.2) is 54.3 Å². The third-order valence-electron chi connectivity index (χ3n) is 4.16. The summed E-state index contributed by atoms with van der Waals surface area (Å²) in [6, 6.07) is 9.19. The van der Waals surface area contributed by atoms with Crippen LogP contribution in [0.2, 0.25) is 0 Å². The van der Waals surface area contributed by atoms with Gasteiger partial charge in [-0.2, -0.15) is 0 Å². The number of hydrogen-bond acceptors (Lipinski definition) is 4. The number of aliphatic hydroxyl groups excluding tert-OH is 1. The predicted molar refractivity (Wildman–Crippen MR) is 90.1 cm³/mol. The number of ether oxygens (including phenoxy) is 1. The van der Waals surface area contributed by atoms with Crippen LogP contribution < -0.4 is 5.32 Å². The van der Waals surface area contributed by atoms with Crippen molar-refractivity contribution in [3.63, 3.8) is 0 Å². The molecule has 1 aliphatic rings. The van der Waals surface area contributed by atoms with Gasteiger partial charge in [0, 0.05) is 25.7 Å². The molecule has 2 rings (SSSR count). The van der Waals surface area contributed by atoms with E-state index in [1.165, 1.54) is 0 Å². The van der Waals surface area contributed by atoms with Gasteiger partial charge in [0.05, 0.1) is 12.7 Å². The number of nitrogens with zero attached hydrogens (tertiary/aromatic N) is 1. The molecule has 0 saturated carbocycles. The molecule has 1 heterocycles. The molecule has 0 spiro atoms. The molecular weight excluding hydrogens is 292 g/mol. The van der Waals surface area contributed by atoms with Gasteiger partial charge < -0.3 is 20.1 Å². The molecule has 5 nitrogen and oxygen atoms in total. The largest absolute Gasteiger partial charge is 0.378 e. The minimum Gasteiger partial charge on any atom is -0.378 e. The molecule has 128 valence electrons. The maximum absolute atomic E-state index is 12.1. The highest BCUT2D eigenvalue weighted by atomic mass is 16.5. The van der Waals surface area contributed by atoms with Crippen LogP contribution in [0.15, 0.2) is 30.3 Å². The maximum atomic E-state index is 12.1. The molecule has 23 heavy (non-hydrogen) atoms. The average Bonchev–Trinajstić information content (AvgIpc) is 2.56. The molecule has 1 saturated heterocycles. The Morgan fingerprint density at radius 3 is 2.57 bits per heavy atom. The van der Waals surface area contributed by atoms with Crippen LogP contribution in [-0.2, 0) is 9.53 Å². The van der Waals surface area contributed by atoms with Gasteiger partial charge in [-0.05, 0) is 32.3 Å². The molecule has 0 aromatic heterocycles. The van der Waals surface area contributed by atoms with Crippen molar-refractivity contribution >= 4 is 5.91 Å². The van der Waals surface area contributed by atoms with Gasteiger partial charge in [-0.25, -0.2) is 0 Å². The summed E-state index contributed by atoms with van der Waals surface area (Å²) in [5.41, 5.74) is 0.633. The van der Waals surface area contributed by atoms with Crippen molar-refractivity contribution in [3.8, 4) is 0 Å². The van der Waals surface area contributed by atoms with Gasteiger partial charge in [0.15, 0.2) is 6.10 Å². The number of piperidine rings is 1. The van der Waals surface area contributed by atoms with Crippen LogP contribution in [0.25, 0.3) is 0 Å². The summed E-state index contributed by atoms with van der Waals surface area (Å²) in [6.45, 7) is 7.67. The van der Waals surface area contributed by atoms with E-state index in [2.05, 4.69) is 10.2 Å². The van der Waals surface area contributed by atoms with E-state index in [-0.39, 0.29) is 18.1 Å². The third-order valence-corrected chi connectivity index (χ3v) is 4.16. The standard InChI is InChI=1S/C18H28N2O3/c1-14(2)23-13-12-20-10-8-16(9-11-20)19-18(22)17(21)15-6-4-3-5-7-15/h3-7,14,16-17,21H,8-13H2,1-2H3,(H,19,22). The molecule has 1 aromatic rings.